The van der Waals surface area contributed by atoms with E-state index in [4.69, 9.17) is 16.4 Å². The van der Waals surface area contributed by atoms with E-state index in [1.807, 2.05) is 31.2 Å². The van der Waals surface area contributed by atoms with Gasteiger partial charge < -0.3 is 9.74 Å². The van der Waals surface area contributed by atoms with Crippen molar-refractivity contribution in [1.82, 2.24) is 9.80 Å². The van der Waals surface area contributed by atoms with Gasteiger partial charge in [0, 0.05) is 44.2 Å². The van der Waals surface area contributed by atoms with Crippen LogP contribution in [0.5, 0.6) is 0 Å². The molecule has 0 aromatic heterocycles. The zero-order chi connectivity index (χ0) is 19.9. The van der Waals surface area contributed by atoms with Crippen LogP contribution >= 0.6 is 11.6 Å². The van der Waals surface area contributed by atoms with Gasteiger partial charge in [-0.05, 0) is 43.7 Å². The molecule has 1 saturated heterocycles. The molecule has 0 atom stereocenters. The van der Waals surface area contributed by atoms with Gasteiger partial charge in [0.2, 0.25) is 5.88 Å². The van der Waals surface area contributed by atoms with Crippen molar-refractivity contribution in [2.75, 3.05) is 26.2 Å². The van der Waals surface area contributed by atoms with Crippen LogP contribution in [0.4, 0.5) is 0 Å². The molecule has 0 N–H and O–H groups in total. The number of hydrogen-bond acceptors (Lipinski definition) is 4. The third-order valence-corrected chi connectivity index (χ3v) is 5.18. The number of piperazine rings is 1. The quantitative estimate of drug-likeness (QED) is 0.379. The summed E-state index contributed by atoms with van der Waals surface area (Å²) < 4.78 is 0. The Morgan fingerprint density at radius 3 is 2.25 bits per heavy atom. The molecule has 2 aromatic rings. The van der Waals surface area contributed by atoms with Gasteiger partial charge in [0.1, 0.15) is 0 Å². The number of benzene rings is 2. The second-order valence-corrected chi connectivity index (χ2v) is 7.80. The van der Waals surface area contributed by atoms with E-state index in [2.05, 4.69) is 52.7 Å². The third-order valence-electron chi connectivity index (χ3n) is 4.93. The monoisotopic (exact) mass is 397 g/mol. The van der Waals surface area contributed by atoms with Gasteiger partial charge >= 0.3 is 0 Å². The maximum absolute atomic E-state index is 5.92. The maximum atomic E-state index is 5.92. The minimum Gasteiger partial charge on any atom is -0.339 e. The summed E-state index contributed by atoms with van der Waals surface area (Å²) in [6.45, 7) is 12.9. The fraction of sp³-hybridized carbons (Fsp3) is 0.348. The number of oxime groups is 1. The fourth-order valence-electron chi connectivity index (χ4n) is 3.23. The molecule has 28 heavy (non-hydrogen) atoms. The predicted octanol–water partition coefficient (Wildman–Crippen LogP) is 4.87. The van der Waals surface area contributed by atoms with Crippen LogP contribution in [0.3, 0.4) is 0 Å². The van der Waals surface area contributed by atoms with Gasteiger partial charge in [0.05, 0.1) is 5.71 Å². The molecule has 1 heterocycles. The fourth-order valence-corrected chi connectivity index (χ4v) is 3.35. The molecule has 3 rings (SSSR count). The Morgan fingerprint density at radius 2 is 1.61 bits per heavy atom. The molecule has 0 saturated carbocycles. The zero-order valence-corrected chi connectivity index (χ0v) is 17.5. The Hall–Kier alpha value is -2.30. The van der Waals surface area contributed by atoms with Gasteiger partial charge in [0.25, 0.3) is 0 Å². The van der Waals surface area contributed by atoms with Crippen molar-refractivity contribution in [3.63, 3.8) is 0 Å². The van der Waals surface area contributed by atoms with Crippen molar-refractivity contribution in [3.05, 3.63) is 82.7 Å². The normalized spacial score (nSPS) is 15.5. The summed E-state index contributed by atoms with van der Waals surface area (Å²) in [5.41, 5.74) is 4.72. The molecule has 148 valence electrons. The molecule has 2 aromatic carbocycles. The van der Waals surface area contributed by atoms with Gasteiger partial charge in [0.15, 0.2) is 0 Å². The molecular weight excluding hydrogens is 370 g/mol. The number of hydrogen-bond donors (Lipinski definition) is 0. The lowest BCUT2D eigenvalue weighted by Crippen LogP contribution is -2.45. The van der Waals surface area contributed by atoms with Crippen LogP contribution in [-0.4, -0.2) is 41.7 Å². The Balaban J connectivity index is 1.43. The van der Waals surface area contributed by atoms with Gasteiger partial charge in [-0.1, -0.05) is 58.7 Å². The maximum Gasteiger partial charge on any atom is 0.218 e. The summed E-state index contributed by atoms with van der Waals surface area (Å²) in [7, 11) is 0. The summed E-state index contributed by atoms with van der Waals surface area (Å²) >= 11 is 5.92. The molecule has 5 heteroatoms. The lowest BCUT2D eigenvalue weighted by atomic mass is 10.1. The summed E-state index contributed by atoms with van der Waals surface area (Å²) in [5, 5.41) is 4.98. The summed E-state index contributed by atoms with van der Waals surface area (Å²) in [5.74, 6) is 0.616. The molecule has 1 aliphatic heterocycles. The Labute approximate surface area is 173 Å². The Morgan fingerprint density at radius 1 is 1.00 bits per heavy atom. The molecule has 1 fully saturated rings. The molecule has 0 bridgehead atoms. The van der Waals surface area contributed by atoms with E-state index in [0.717, 1.165) is 55.4 Å². The lowest BCUT2D eigenvalue weighted by molar-refractivity contribution is 0.0724. The molecule has 0 radical (unpaired) electrons. The standard InChI is InChI=1S/C23H28ClN3O/c1-18-4-6-22(7-5-18)17-26-12-14-27(15-13-26)20(3)28-25-19(2)16-21-8-10-23(24)11-9-21/h4-11H,3,12-17H2,1-2H3/b25-19+. The Kier molecular flexibility index (Phi) is 7.12. The minimum absolute atomic E-state index is 0.616. The first kappa shape index (κ1) is 20.4. The van der Waals surface area contributed by atoms with Crippen molar-refractivity contribution in [1.29, 1.82) is 0 Å². The summed E-state index contributed by atoms with van der Waals surface area (Å²) in [6.07, 6.45) is 0.731. The van der Waals surface area contributed by atoms with E-state index in [9.17, 15) is 0 Å². The Bertz CT molecular complexity index is 807. The second-order valence-electron chi connectivity index (χ2n) is 7.36. The smallest absolute Gasteiger partial charge is 0.218 e. The lowest BCUT2D eigenvalue weighted by Gasteiger charge is -2.35. The molecule has 0 unspecified atom stereocenters. The zero-order valence-electron chi connectivity index (χ0n) is 16.7. The van der Waals surface area contributed by atoms with Gasteiger partial charge in [-0.15, -0.1) is 0 Å². The van der Waals surface area contributed by atoms with E-state index in [0.29, 0.717) is 5.88 Å². The highest BCUT2D eigenvalue weighted by Crippen LogP contribution is 2.14. The predicted molar refractivity (Wildman–Crippen MR) is 117 cm³/mol. The number of nitrogens with zero attached hydrogens (tertiary/aromatic N) is 3. The van der Waals surface area contributed by atoms with Gasteiger partial charge in [-0.3, -0.25) is 4.90 Å². The largest absolute Gasteiger partial charge is 0.339 e. The van der Waals surface area contributed by atoms with E-state index >= 15 is 0 Å². The van der Waals surface area contributed by atoms with Crippen LogP contribution in [0.15, 0.2) is 66.1 Å². The summed E-state index contributed by atoms with van der Waals surface area (Å²) in [6, 6.07) is 16.5. The van der Waals surface area contributed by atoms with E-state index in [-0.39, 0.29) is 0 Å². The summed E-state index contributed by atoms with van der Waals surface area (Å²) in [4.78, 5) is 10.2. The van der Waals surface area contributed by atoms with Crippen molar-refractivity contribution < 1.29 is 4.84 Å². The topological polar surface area (TPSA) is 28.1 Å². The van der Waals surface area contributed by atoms with Crippen LogP contribution in [0.2, 0.25) is 5.02 Å². The van der Waals surface area contributed by atoms with Crippen LogP contribution in [0, 0.1) is 6.92 Å². The molecule has 0 spiro atoms. The molecule has 0 amide bonds. The molecular formula is C23H28ClN3O. The second kappa shape index (κ2) is 9.76. The third kappa shape index (κ3) is 6.11. The highest BCUT2D eigenvalue weighted by Gasteiger charge is 2.19. The minimum atomic E-state index is 0.616. The highest BCUT2D eigenvalue weighted by atomic mass is 35.5. The number of rotatable bonds is 7. The average Bonchev–Trinajstić information content (AvgIpc) is 2.70. The van der Waals surface area contributed by atoms with Gasteiger partial charge in [-0.25, -0.2) is 0 Å². The van der Waals surface area contributed by atoms with E-state index < -0.39 is 0 Å². The average molecular weight is 398 g/mol. The first-order valence-electron chi connectivity index (χ1n) is 9.66. The van der Waals surface area contributed by atoms with Crippen LogP contribution in [-0.2, 0) is 17.8 Å². The van der Waals surface area contributed by atoms with Crippen LogP contribution < -0.4 is 0 Å². The van der Waals surface area contributed by atoms with E-state index in [1.165, 1.54) is 11.1 Å². The van der Waals surface area contributed by atoms with Crippen LogP contribution in [0.25, 0.3) is 0 Å². The van der Waals surface area contributed by atoms with Crippen molar-refractivity contribution >= 4 is 17.3 Å². The van der Waals surface area contributed by atoms with Crippen LogP contribution in [0.1, 0.15) is 23.6 Å². The van der Waals surface area contributed by atoms with Crippen molar-refractivity contribution in [3.8, 4) is 0 Å². The first-order valence-corrected chi connectivity index (χ1v) is 10.0. The van der Waals surface area contributed by atoms with Crippen molar-refractivity contribution in [2.45, 2.75) is 26.8 Å². The highest BCUT2D eigenvalue weighted by molar-refractivity contribution is 6.30. The van der Waals surface area contributed by atoms with Gasteiger partial charge in [-0.2, -0.15) is 0 Å². The first-order chi connectivity index (χ1) is 13.5. The SMILES string of the molecule is C=C(O/N=C(\C)Cc1ccc(Cl)cc1)N1CCN(Cc2ccc(C)cc2)CC1. The van der Waals surface area contributed by atoms with E-state index in [1.54, 1.807) is 0 Å². The number of halogens is 1. The molecule has 0 aliphatic carbocycles. The molecule has 4 nitrogen and oxygen atoms in total. The van der Waals surface area contributed by atoms with Crippen molar-refractivity contribution in [2.24, 2.45) is 5.16 Å². The molecule has 1 aliphatic rings. The number of aryl methyl sites for hydroxylation is 1.